The number of aryl methyl sites for hydroxylation is 1. The van der Waals surface area contributed by atoms with E-state index in [-0.39, 0.29) is 18.4 Å². The summed E-state index contributed by atoms with van der Waals surface area (Å²) in [6.45, 7) is 9.90. The summed E-state index contributed by atoms with van der Waals surface area (Å²) >= 11 is 0. The molecule has 204 valence electrons. The Bertz CT molecular complexity index is 1710. The zero-order valence-corrected chi connectivity index (χ0v) is 23.5. The SMILES string of the molecule is CCC(C)(C)NC(=O)[C@H](c1ccc2ncccc2c1)N(C(=O)Cn1nnc2ccccc21)c1cccc(C)c1C. The highest BCUT2D eigenvalue weighted by molar-refractivity contribution is 6.02. The van der Waals surface area contributed by atoms with E-state index in [9.17, 15) is 9.59 Å². The summed E-state index contributed by atoms with van der Waals surface area (Å²) in [6.07, 6.45) is 2.47. The molecule has 8 heteroatoms. The predicted molar refractivity (Wildman–Crippen MR) is 158 cm³/mol. The van der Waals surface area contributed by atoms with Gasteiger partial charge in [-0.15, -0.1) is 5.10 Å². The number of rotatable bonds is 8. The highest BCUT2D eigenvalue weighted by atomic mass is 16.2. The number of aromatic nitrogens is 4. The number of hydrogen-bond donors (Lipinski definition) is 1. The van der Waals surface area contributed by atoms with E-state index < -0.39 is 11.6 Å². The van der Waals surface area contributed by atoms with Gasteiger partial charge in [-0.1, -0.05) is 48.5 Å². The Morgan fingerprint density at radius 1 is 0.975 bits per heavy atom. The van der Waals surface area contributed by atoms with Crippen LogP contribution >= 0.6 is 0 Å². The number of anilines is 1. The maximum atomic E-state index is 14.4. The molecule has 0 spiro atoms. The molecule has 2 aromatic heterocycles. The molecule has 1 N–H and O–H groups in total. The minimum Gasteiger partial charge on any atom is -0.349 e. The van der Waals surface area contributed by atoms with Crippen LogP contribution in [0.5, 0.6) is 0 Å². The molecule has 5 rings (SSSR count). The van der Waals surface area contributed by atoms with Crippen LogP contribution in [-0.4, -0.2) is 37.3 Å². The Balaban J connectivity index is 1.68. The van der Waals surface area contributed by atoms with E-state index in [4.69, 9.17) is 0 Å². The van der Waals surface area contributed by atoms with Crippen molar-refractivity contribution in [1.29, 1.82) is 0 Å². The van der Waals surface area contributed by atoms with Crippen LogP contribution in [0.3, 0.4) is 0 Å². The monoisotopic (exact) mass is 534 g/mol. The van der Waals surface area contributed by atoms with Crippen LogP contribution < -0.4 is 10.2 Å². The lowest BCUT2D eigenvalue weighted by atomic mass is 9.96. The maximum Gasteiger partial charge on any atom is 0.249 e. The first-order valence-electron chi connectivity index (χ1n) is 13.5. The lowest BCUT2D eigenvalue weighted by Gasteiger charge is -2.35. The van der Waals surface area contributed by atoms with Gasteiger partial charge < -0.3 is 5.32 Å². The first-order valence-corrected chi connectivity index (χ1v) is 13.5. The van der Waals surface area contributed by atoms with Gasteiger partial charge in [0.25, 0.3) is 0 Å². The van der Waals surface area contributed by atoms with Gasteiger partial charge in [0.05, 0.1) is 11.0 Å². The minimum atomic E-state index is -0.932. The van der Waals surface area contributed by atoms with Crippen molar-refractivity contribution in [2.75, 3.05) is 4.90 Å². The maximum absolute atomic E-state index is 14.4. The topological polar surface area (TPSA) is 93.0 Å². The molecule has 0 aliphatic rings. The Labute approximate surface area is 234 Å². The molecule has 1 atom stereocenters. The van der Waals surface area contributed by atoms with E-state index in [2.05, 4.69) is 20.6 Å². The molecule has 2 heterocycles. The Morgan fingerprint density at radius 2 is 1.77 bits per heavy atom. The highest BCUT2D eigenvalue weighted by Gasteiger charge is 2.36. The second kappa shape index (κ2) is 10.9. The number of fused-ring (bicyclic) bond motifs is 2. The number of amides is 2. The number of para-hydroxylation sites is 1. The molecule has 0 bridgehead atoms. The van der Waals surface area contributed by atoms with Gasteiger partial charge in [-0.25, -0.2) is 4.68 Å². The molecule has 0 fully saturated rings. The fourth-order valence-electron chi connectivity index (χ4n) is 4.82. The van der Waals surface area contributed by atoms with Gasteiger partial charge in [-0.3, -0.25) is 19.5 Å². The van der Waals surface area contributed by atoms with Crippen molar-refractivity contribution < 1.29 is 9.59 Å². The van der Waals surface area contributed by atoms with Crippen molar-refractivity contribution >= 4 is 39.4 Å². The van der Waals surface area contributed by atoms with E-state index in [1.54, 1.807) is 15.8 Å². The number of carbonyl (C=O) groups excluding carboxylic acids is 2. The number of hydrogen-bond acceptors (Lipinski definition) is 5. The molecular formula is C32H34N6O2. The minimum absolute atomic E-state index is 0.0794. The number of benzene rings is 3. The summed E-state index contributed by atoms with van der Waals surface area (Å²) in [5.41, 5.74) is 5.13. The lowest BCUT2D eigenvalue weighted by Crippen LogP contribution is -2.51. The summed E-state index contributed by atoms with van der Waals surface area (Å²) in [5.74, 6) is -0.530. The van der Waals surface area contributed by atoms with Crippen LogP contribution in [-0.2, 0) is 16.1 Å². The van der Waals surface area contributed by atoms with Crippen molar-refractivity contribution in [2.24, 2.45) is 0 Å². The van der Waals surface area contributed by atoms with Crippen LogP contribution in [0.2, 0.25) is 0 Å². The van der Waals surface area contributed by atoms with E-state index in [0.717, 1.165) is 34.0 Å². The second-order valence-electron chi connectivity index (χ2n) is 10.8. The fourth-order valence-corrected chi connectivity index (χ4v) is 4.82. The number of nitrogens with zero attached hydrogens (tertiary/aromatic N) is 5. The molecule has 0 aliphatic heterocycles. The van der Waals surface area contributed by atoms with E-state index in [0.29, 0.717) is 16.8 Å². The van der Waals surface area contributed by atoms with Crippen molar-refractivity contribution in [3.8, 4) is 0 Å². The van der Waals surface area contributed by atoms with E-state index in [1.165, 1.54) is 0 Å². The zero-order chi connectivity index (χ0) is 28.4. The summed E-state index contributed by atoms with van der Waals surface area (Å²) in [7, 11) is 0. The first-order chi connectivity index (χ1) is 19.2. The molecule has 0 radical (unpaired) electrons. The molecule has 0 saturated heterocycles. The molecule has 0 aliphatic carbocycles. The standard InChI is InChI=1S/C32H34N6O2/c1-6-32(4,5)34-31(40)30(24-16-17-25-23(19-24)12-10-18-33-25)38(27-15-9-11-21(2)22(27)3)29(39)20-37-28-14-8-7-13-26(28)35-36-37/h7-19,30H,6,20H2,1-5H3,(H,34,40)/t30-/m0/s1. The predicted octanol–water partition coefficient (Wildman–Crippen LogP) is 5.68. The number of pyridine rings is 1. The largest absolute Gasteiger partial charge is 0.349 e. The van der Waals surface area contributed by atoms with Gasteiger partial charge in [0, 0.05) is 22.8 Å². The van der Waals surface area contributed by atoms with E-state index in [1.807, 2.05) is 107 Å². The molecule has 0 unspecified atom stereocenters. The third kappa shape index (κ3) is 5.30. The number of carbonyl (C=O) groups is 2. The van der Waals surface area contributed by atoms with Gasteiger partial charge in [0.15, 0.2) is 0 Å². The molecule has 8 nitrogen and oxygen atoms in total. The average Bonchev–Trinajstić information content (AvgIpc) is 3.35. The first kappa shape index (κ1) is 27.0. The molecule has 5 aromatic rings. The van der Waals surface area contributed by atoms with Crippen LogP contribution in [0.1, 0.15) is 49.9 Å². The Hall–Kier alpha value is -4.59. The van der Waals surface area contributed by atoms with Crippen molar-refractivity contribution in [2.45, 2.75) is 59.2 Å². The van der Waals surface area contributed by atoms with Gasteiger partial charge in [0.1, 0.15) is 18.1 Å². The molecular weight excluding hydrogens is 500 g/mol. The van der Waals surface area contributed by atoms with Gasteiger partial charge in [0.2, 0.25) is 11.8 Å². The smallest absolute Gasteiger partial charge is 0.249 e. The van der Waals surface area contributed by atoms with Crippen molar-refractivity contribution in [1.82, 2.24) is 25.3 Å². The van der Waals surface area contributed by atoms with Crippen molar-refractivity contribution in [3.05, 3.63) is 95.7 Å². The highest BCUT2D eigenvalue weighted by Crippen LogP contribution is 2.34. The lowest BCUT2D eigenvalue weighted by molar-refractivity contribution is -0.128. The third-order valence-corrected chi connectivity index (χ3v) is 7.60. The summed E-state index contributed by atoms with van der Waals surface area (Å²) in [5, 5.41) is 12.6. The van der Waals surface area contributed by atoms with Gasteiger partial charge in [-0.2, -0.15) is 0 Å². The Morgan fingerprint density at radius 3 is 2.58 bits per heavy atom. The molecule has 3 aromatic carbocycles. The second-order valence-corrected chi connectivity index (χ2v) is 10.8. The zero-order valence-electron chi connectivity index (χ0n) is 23.5. The average molecular weight is 535 g/mol. The third-order valence-electron chi connectivity index (χ3n) is 7.60. The summed E-state index contributed by atoms with van der Waals surface area (Å²) in [6, 6.07) is 22.0. The Kier molecular flexibility index (Phi) is 7.34. The van der Waals surface area contributed by atoms with Gasteiger partial charge in [-0.05, 0) is 87.2 Å². The normalized spacial score (nSPS) is 12.4. The van der Waals surface area contributed by atoms with Crippen LogP contribution in [0.25, 0.3) is 21.9 Å². The quantitative estimate of drug-likeness (QED) is 0.277. The van der Waals surface area contributed by atoms with Gasteiger partial charge >= 0.3 is 0 Å². The molecule has 40 heavy (non-hydrogen) atoms. The van der Waals surface area contributed by atoms with Crippen LogP contribution in [0.4, 0.5) is 5.69 Å². The molecule has 0 saturated carbocycles. The number of nitrogens with one attached hydrogen (secondary N) is 1. The molecule has 2 amide bonds. The summed E-state index contributed by atoms with van der Waals surface area (Å²) < 4.78 is 1.59. The van der Waals surface area contributed by atoms with Crippen molar-refractivity contribution in [3.63, 3.8) is 0 Å². The van der Waals surface area contributed by atoms with Crippen LogP contribution in [0.15, 0.2) is 79.0 Å². The van der Waals surface area contributed by atoms with Crippen LogP contribution in [0, 0.1) is 13.8 Å². The fraction of sp³-hybridized carbons (Fsp3) is 0.281. The van der Waals surface area contributed by atoms with E-state index >= 15 is 0 Å². The summed E-state index contributed by atoms with van der Waals surface area (Å²) in [4.78, 5) is 34.7.